The predicted octanol–water partition coefficient (Wildman–Crippen LogP) is -0.986. The van der Waals surface area contributed by atoms with Crippen molar-refractivity contribution in [1.29, 1.82) is 0 Å². The van der Waals surface area contributed by atoms with Gasteiger partial charge in [-0.2, -0.15) is 4.31 Å². The first-order chi connectivity index (χ1) is 9.96. The zero-order valence-corrected chi connectivity index (χ0v) is 13.1. The van der Waals surface area contributed by atoms with Gasteiger partial charge in [-0.1, -0.05) is 12.2 Å². The highest BCUT2D eigenvalue weighted by molar-refractivity contribution is 7.89. The van der Waals surface area contributed by atoms with Crippen LogP contribution < -0.4 is 5.73 Å². The van der Waals surface area contributed by atoms with E-state index in [0.29, 0.717) is 32.7 Å². The normalized spacial score (nSPS) is 17.8. The van der Waals surface area contributed by atoms with Gasteiger partial charge in [0, 0.05) is 38.9 Å². The Morgan fingerprint density at radius 1 is 1.38 bits per heavy atom. The number of rotatable bonds is 5. The molecular formula is C12H18N4O3S2. The fourth-order valence-electron chi connectivity index (χ4n) is 2.26. The number of β-amino-alcohol motifs (C(OH)–C–C–N with tert-alkyl or cyclic N) is 1. The lowest BCUT2D eigenvalue weighted by Crippen LogP contribution is -2.49. The van der Waals surface area contributed by atoms with Crippen molar-refractivity contribution in [2.75, 3.05) is 39.3 Å². The van der Waals surface area contributed by atoms with Crippen LogP contribution in [0, 0.1) is 0 Å². The topological polar surface area (TPSA) is 99.8 Å². The van der Waals surface area contributed by atoms with Gasteiger partial charge in [0.15, 0.2) is 0 Å². The number of aliphatic hydroxyl groups excluding tert-OH is 1. The van der Waals surface area contributed by atoms with Crippen molar-refractivity contribution in [3.63, 3.8) is 0 Å². The molecular weight excluding hydrogens is 312 g/mol. The lowest BCUT2D eigenvalue weighted by Gasteiger charge is -2.33. The smallest absolute Gasteiger partial charge is 0.245 e. The van der Waals surface area contributed by atoms with Crippen LogP contribution in [0.15, 0.2) is 23.2 Å². The van der Waals surface area contributed by atoms with Crippen molar-refractivity contribution in [3.8, 4) is 0 Å². The molecule has 0 bridgehead atoms. The van der Waals surface area contributed by atoms with Crippen LogP contribution in [0.5, 0.6) is 0 Å². The maximum Gasteiger partial charge on any atom is 0.245 e. The summed E-state index contributed by atoms with van der Waals surface area (Å²) >= 11 is 4.87. The highest BCUT2D eigenvalue weighted by Crippen LogP contribution is 2.20. The van der Waals surface area contributed by atoms with Gasteiger partial charge in [-0.05, 0) is 12.1 Å². The molecule has 0 aromatic carbocycles. The number of aliphatic hydroxyl groups is 1. The first-order valence-corrected chi connectivity index (χ1v) is 8.40. The molecule has 116 valence electrons. The van der Waals surface area contributed by atoms with Gasteiger partial charge in [0.25, 0.3) is 0 Å². The van der Waals surface area contributed by atoms with Crippen LogP contribution in [0.3, 0.4) is 0 Å². The molecule has 2 rings (SSSR count). The summed E-state index contributed by atoms with van der Waals surface area (Å²) in [6, 6.07) is 3.02. The monoisotopic (exact) mass is 330 g/mol. The van der Waals surface area contributed by atoms with E-state index in [-0.39, 0.29) is 22.2 Å². The molecule has 0 radical (unpaired) electrons. The molecule has 7 nitrogen and oxygen atoms in total. The van der Waals surface area contributed by atoms with E-state index >= 15 is 0 Å². The maximum atomic E-state index is 12.7. The minimum Gasteiger partial charge on any atom is -0.395 e. The third kappa shape index (κ3) is 3.55. The highest BCUT2D eigenvalue weighted by Gasteiger charge is 2.30. The standard InChI is InChI=1S/C12H18N4O3S2/c13-12(20)11-10(2-1-3-14-11)21(18,19)16-6-4-15(5-7-16)8-9-17/h1-3,17H,4-9H2,(H2,13,20). The van der Waals surface area contributed by atoms with E-state index in [1.807, 2.05) is 4.90 Å². The van der Waals surface area contributed by atoms with Crippen molar-refractivity contribution in [1.82, 2.24) is 14.2 Å². The lowest BCUT2D eigenvalue weighted by atomic mass is 10.3. The lowest BCUT2D eigenvalue weighted by molar-refractivity contribution is 0.151. The second-order valence-corrected chi connectivity index (χ2v) is 7.03. The number of aromatic nitrogens is 1. The van der Waals surface area contributed by atoms with Crippen molar-refractivity contribution in [2.24, 2.45) is 5.73 Å². The third-order valence-electron chi connectivity index (χ3n) is 3.37. The molecule has 1 fully saturated rings. The Bertz CT molecular complexity index is 613. The van der Waals surface area contributed by atoms with Gasteiger partial charge in [0.05, 0.1) is 6.61 Å². The minimum absolute atomic E-state index is 0.0342. The molecule has 1 aromatic rings. The Labute approximate surface area is 129 Å². The van der Waals surface area contributed by atoms with E-state index in [1.54, 1.807) is 6.07 Å². The van der Waals surface area contributed by atoms with Gasteiger partial charge in [0.2, 0.25) is 10.0 Å². The Kier molecular flexibility index (Phi) is 5.22. The van der Waals surface area contributed by atoms with Crippen LogP contribution in [0.25, 0.3) is 0 Å². The summed E-state index contributed by atoms with van der Waals surface area (Å²) in [5, 5.41) is 8.91. The highest BCUT2D eigenvalue weighted by atomic mass is 32.2. The Morgan fingerprint density at radius 3 is 2.62 bits per heavy atom. The number of hydrogen-bond donors (Lipinski definition) is 2. The molecule has 3 N–H and O–H groups in total. The number of sulfonamides is 1. The van der Waals surface area contributed by atoms with Crippen LogP contribution >= 0.6 is 12.2 Å². The first kappa shape index (κ1) is 16.2. The average molecular weight is 330 g/mol. The number of hydrogen-bond acceptors (Lipinski definition) is 6. The summed E-state index contributed by atoms with van der Waals surface area (Å²) in [6.07, 6.45) is 1.46. The molecule has 0 aliphatic carbocycles. The van der Waals surface area contributed by atoms with Crippen molar-refractivity contribution >= 4 is 27.2 Å². The molecule has 0 spiro atoms. The van der Waals surface area contributed by atoms with Crippen molar-refractivity contribution in [3.05, 3.63) is 24.0 Å². The summed E-state index contributed by atoms with van der Waals surface area (Å²) in [4.78, 5) is 6.00. The molecule has 1 aromatic heterocycles. The van der Waals surface area contributed by atoms with Crippen LogP contribution in [0.1, 0.15) is 5.69 Å². The molecule has 9 heteroatoms. The summed E-state index contributed by atoms with van der Waals surface area (Å²) in [6.45, 7) is 2.53. The molecule has 1 aliphatic heterocycles. The Morgan fingerprint density at radius 2 is 2.05 bits per heavy atom. The Hall–Kier alpha value is -1.13. The zero-order valence-electron chi connectivity index (χ0n) is 11.5. The molecule has 0 amide bonds. The third-order valence-corrected chi connectivity index (χ3v) is 5.49. The van der Waals surface area contributed by atoms with Crippen LogP contribution in [0.4, 0.5) is 0 Å². The van der Waals surface area contributed by atoms with Crippen LogP contribution in [-0.4, -0.2) is 72.0 Å². The SMILES string of the molecule is NC(=S)c1ncccc1S(=O)(=O)N1CCN(CCO)CC1. The van der Waals surface area contributed by atoms with E-state index in [9.17, 15) is 8.42 Å². The van der Waals surface area contributed by atoms with Gasteiger partial charge in [-0.3, -0.25) is 9.88 Å². The van der Waals surface area contributed by atoms with E-state index < -0.39 is 10.0 Å². The maximum absolute atomic E-state index is 12.7. The van der Waals surface area contributed by atoms with Crippen molar-refractivity contribution < 1.29 is 13.5 Å². The number of piperazine rings is 1. The Balaban J connectivity index is 2.22. The second-order valence-electron chi connectivity index (χ2n) is 4.68. The number of thiocarbonyl (C=S) groups is 1. The molecule has 2 heterocycles. The van der Waals surface area contributed by atoms with Gasteiger partial charge < -0.3 is 10.8 Å². The minimum atomic E-state index is -3.66. The summed E-state index contributed by atoms with van der Waals surface area (Å²) < 4.78 is 26.8. The van der Waals surface area contributed by atoms with E-state index in [4.69, 9.17) is 23.1 Å². The fraction of sp³-hybridized carbons (Fsp3) is 0.500. The molecule has 1 aliphatic rings. The van der Waals surface area contributed by atoms with Gasteiger partial charge in [0.1, 0.15) is 15.6 Å². The zero-order chi connectivity index (χ0) is 15.5. The van der Waals surface area contributed by atoms with Gasteiger partial charge in [-0.15, -0.1) is 0 Å². The first-order valence-electron chi connectivity index (χ1n) is 6.55. The molecule has 0 unspecified atom stereocenters. The largest absolute Gasteiger partial charge is 0.395 e. The molecule has 21 heavy (non-hydrogen) atoms. The molecule has 1 saturated heterocycles. The second kappa shape index (κ2) is 6.75. The van der Waals surface area contributed by atoms with Crippen molar-refractivity contribution in [2.45, 2.75) is 4.90 Å². The summed E-state index contributed by atoms with van der Waals surface area (Å²) in [5.41, 5.74) is 5.68. The quantitative estimate of drug-likeness (QED) is 0.669. The predicted molar refractivity (Wildman–Crippen MR) is 82.4 cm³/mol. The fourth-order valence-corrected chi connectivity index (χ4v) is 4.06. The number of nitrogens with zero attached hydrogens (tertiary/aromatic N) is 3. The van der Waals surface area contributed by atoms with E-state index in [0.717, 1.165) is 0 Å². The number of nitrogens with two attached hydrogens (primary N) is 1. The van der Waals surface area contributed by atoms with Crippen LogP contribution in [-0.2, 0) is 10.0 Å². The molecule has 0 saturated carbocycles. The van der Waals surface area contributed by atoms with E-state index in [1.165, 1.54) is 16.6 Å². The summed E-state index contributed by atoms with van der Waals surface area (Å²) in [5.74, 6) is 0. The van der Waals surface area contributed by atoms with Gasteiger partial charge in [-0.25, -0.2) is 8.42 Å². The van der Waals surface area contributed by atoms with Crippen LogP contribution in [0.2, 0.25) is 0 Å². The number of pyridine rings is 1. The average Bonchev–Trinajstić information content (AvgIpc) is 2.48. The van der Waals surface area contributed by atoms with E-state index in [2.05, 4.69) is 4.98 Å². The van der Waals surface area contributed by atoms with Gasteiger partial charge >= 0.3 is 0 Å². The summed E-state index contributed by atoms with van der Waals surface area (Å²) in [7, 11) is -3.66. The molecule has 0 atom stereocenters.